The maximum absolute atomic E-state index is 12.4. The van der Waals surface area contributed by atoms with Crippen molar-refractivity contribution < 1.29 is 24.5 Å². The molecule has 0 unspecified atom stereocenters. The molecule has 6 atom stereocenters. The van der Waals surface area contributed by atoms with Crippen LogP contribution in [0.25, 0.3) is 0 Å². The fraction of sp³-hybridized carbons (Fsp3) is 0.778. The second-order valence-corrected chi connectivity index (χ2v) is 8.96. The summed E-state index contributed by atoms with van der Waals surface area (Å²) in [6, 6.07) is 0.232. The van der Waals surface area contributed by atoms with Crippen molar-refractivity contribution in [1.29, 1.82) is 0 Å². The van der Waals surface area contributed by atoms with E-state index in [9.17, 15) is 14.7 Å². The normalized spacial score (nSPS) is 33.9. The molecule has 1 amide bonds. The van der Waals surface area contributed by atoms with Crippen LogP contribution in [0.3, 0.4) is 0 Å². The minimum atomic E-state index is -1.42. The first-order valence-corrected chi connectivity index (χ1v) is 10.4. The molecule has 4 N–H and O–H groups in total. The fourth-order valence-corrected chi connectivity index (χ4v) is 5.86. The predicted molar refractivity (Wildman–Crippen MR) is 102 cm³/mol. The lowest BCUT2D eigenvalue weighted by atomic mass is 9.79. The molecule has 3 heterocycles. The number of β-lactam (4-membered cyclic amide) rings is 1. The van der Waals surface area contributed by atoms with Crippen molar-refractivity contribution in [2.45, 2.75) is 56.5 Å². The van der Waals surface area contributed by atoms with Crippen molar-refractivity contribution in [2.24, 2.45) is 11.8 Å². The lowest BCUT2D eigenvalue weighted by molar-refractivity contribution is -0.163. The Kier molecular flexibility index (Phi) is 6.35. The Bertz CT molecular complexity index is 626. The summed E-state index contributed by atoms with van der Waals surface area (Å²) < 4.78 is 5.01. The molecule has 0 aromatic carbocycles. The van der Waals surface area contributed by atoms with Gasteiger partial charge in [-0.25, -0.2) is 4.79 Å². The number of aliphatic hydroxyl groups is 1. The number of nitrogens with zero attached hydrogens (tertiary/aromatic N) is 1. The number of hydrogen-bond acceptors (Lipinski definition) is 7. The average molecular weight is 400 g/mol. The molecule has 0 aliphatic carbocycles. The monoisotopic (exact) mass is 399 g/mol. The van der Waals surface area contributed by atoms with Crippen LogP contribution in [-0.4, -0.2) is 70.8 Å². The van der Waals surface area contributed by atoms with Gasteiger partial charge in [0.2, 0.25) is 11.8 Å². The van der Waals surface area contributed by atoms with E-state index in [0.29, 0.717) is 11.3 Å². The maximum Gasteiger partial charge on any atom is 0.512 e. The van der Waals surface area contributed by atoms with Crippen LogP contribution in [0.5, 0.6) is 0 Å². The first kappa shape index (κ1) is 20.4. The first-order valence-electron chi connectivity index (χ1n) is 9.55. The number of carbonyl (C=O) groups is 2. The lowest BCUT2D eigenvalue weighted by Gasteiger charge is -2.45. The zero-order chi connectivity index (χ0) is 19.7. The van der Waals surface area contributed by atoms with Crippen LogP contribution in [0, 0.1) is 11.8 Å². The second-order valence-electron chi connectivity index (χ2n) is 7.62. The molecule has 2 saturated heterocycles. The molecule has 2 fully saturated rings. The summed E-state index contributed by atoms with van der Waals surface area (Å²) in [6.45, 7) is 5.43. The third-order valence-electron chi connectivity index (χ3n) is 5.70. The van der Waals surface area contributed by atoms with Gasteiger partial charge < -0.3 is 25.6 Å². The minimum Gasteiger partial charge on any atom is -0.449 e. The molecule has 0 aromatic heterocycles. The van der Waals surface area contributed by atoms with Crippen molar-refractivity contribution in [3.05, 3.63) is 10.8 Å². The molecule has 3 aliphatic rings. The van der Waals surface area contributed by atoms with Gasteiger partial charge >= 0.3 is 6.16 Å². The highest BCUT2D eigenvalue weighted by Gasteiger charge is 2.60. The summed E-state index contributed by atoms with van der Waals surface area (Å²) in [4.78, 5) is 25.8. The molecule has 0 radical (unpaired) electrons. The highest BCUT2D eigenvalue weighted by molar-refractivity contribution is 8.03. The van der Waals surface area contributed by atoms with Crippen molar-refractivity contribution in [3.63, 3.8) is 0 Å². The van der Waals surface area contributed by atoms with E-state index < -0.39 is 18.2 Å². The van der Waals surface area contributed by atoms with Crippen molar-refractivity contribution in [2.75, 3.05) is 20.1 Å². The summed E-state index contributed by atoms with van der Waals surface area (Å²) in [5.41, 5.74) is 0. The summed E-state index contributed by atoms with van der Waals surface area (Å²) in [7, 11) is 1.95. The number of thioether (sulfide) groups is 1. The number of rotatable bonds is 8. The highest BCUT2D eigenvalue weighted by Crippen LogP contribution is 2.52. The van der Waals surface area contributed by atoms with Crippen LogP contribution >= 0.6 is 11.8 Å². The molecule has 3 aliphatic heterocycles. The van der Waals surface area contributed by atoms with E-state index >= 15 is 0 Å². The minimum absolute atomic E-state index is 0.0509. The van der Waals surface area contributed by atoms with Gasteiger partial charge in [-0.1, -0.05) is 6.92 Å². The Labute approximate surface area is 163 Å². The standard InChI is InChI=1S/C18H29N3O5S/c1-9-14-13(10(2)22)16(23)21(14)17(26-18(24)25)15(9)27-12-7-11(20-8-12)5-4-6-19-3/h9-14,19-20,22H,4-8H2,1-3H3,(H,24,25)/t9-,10-,11-,12+,13-,14+/m1/s1. The van der Waals surface area contributed by atoms with Crippen LogP contribution < -0.4 is 10.6 Å². The van der Waals surface area contributed by atoms with Gasteiger partial charge in [0.05, 0.1) is 23.0 Å². The largest absolute Gasteiger partial charge is 0.512 e. The Balaban J connectivity index is 1.70. The van der Waals surface area contributed by atoms with Gasteiger partial charge in [0.25, 0.3) is 0 Å². The van der Waals surface area contributed by atoms with E-state index in [4.69, 9.17) is 9.84 Å². The van der Waals surface area contributed by atoms with Gasteiger partial charge in [0.15, 0.2) is 0 Å². The number of carbonyl (C=O) groups excluding carboxylic acids is 1. The summed E-state index contributed by atoms with van der Waals surface area (Å²) in [5, 5.41) is 26.1. The lowest BCUT2D eigenvalue weighted by Crippen LogP contribution is -2.63. The zero-order valence-corrected chi connectivity index (χ0v) is 16.8. The maximum atomic E-state index is 12.4. The molecule has 27 heavy (non-hydrogen) atoms. The molecule has 9 heteroatoms. The molecule has 0 saturated carbocycles. The van der Waals surface area contributed by atoms with Crippen LogP contribution in [0.15, 0.2) is 10.8 Å². The highest BCUT2D eigenvalue weighted by atomic mass is 32.2. The SMILES string of the molecule is CNCCC[C@@H]1C[C@H](SC2=C(OC(=O)O)N3C(=O)[C@H]([C@@H](C)O)[C@@H]3[C@H]2C)CN1. The van der Waals surface area contributed by atoms with Gasteiger partial charge in [-0.05, 0) is 39.8 Å². The Hall–Kier alpha value is -1.29. The van der Waals surface area contributed by atoms with Gasteiger partial charge in [-0.3, -0.25) is 9.69 Å². The number of aliphatic hydroxyl groups excluding tert-OH is 1. The van der Waals surface area contributed by atoms with Crippen LogP contribution in [0.4, 0.5) is 4.79 Å². The number of hydrogen-bond donors (Lipinski definition) is 4. The fourth-order valence-electron chi connectivity index (χ4n) is 4.40. The molecule has 0 spiro atoms. The predicted octanol–water partition coefficient (Wildman–Crippen LogP) is 1.17. The number of ether oxygens (including phenoxy) is 1. The zero-order valence-electron chi connectivity index (χ0n) is 16.0. The summed E-state index contributed by atoms with van der Waals surface area (Å²) in [5.74, 6) is -0.666. The van der Waals surface area contributed by atoms with Crippen molar-refractivity contribution in [1.82, 2.24) is 15.5 Å². The van der Waals surface area contributed by atoms with Crippen LogP contribution in [-0.2, 0) is 9.53 Å². The van der Waals surface area contributed by atoms with E-state index in [1.807, 2.05) is 14.0 Å². The molecular weight excluding hydrogens is 370 g/mol. The van der Waals surface area contributed by atoms with E-state index in [1.54, 1.807) is 18.7 Å². The topological polar surface area (TPSA) is 111 Å². The van der Waals surface area contributed by atoms with Gasteiger partial charge in [0.1, 0.15) is 0 Å². The number of carboxylic acid groups (broad SMARTS) is 1. The molecule has 0 bridgehead atoms. The summed E-state index contributed by atoms with van der Waals surface area (Å²) >= 11 is 1.62. The molecule has 152 valence electrons. The van der Waals surface area contributed by atoms with E-state index in [2.05, 4.69) is 10.6 Å². The third kappa shape index (κ3) is 3.96. The molecule has 3 rings (SSSR count). The number of nitrogens with one attached hydrogen (secondary N) is 2. The third-order valence-corrected chi connectivity index (χ3v) is 7.20. The van der Waals surface area contributed by atoms with Crippen molar-refractivity contribution >= 4 is 23.8 Å². The van der Waals surface area contributed by atoms with Gasteiger partial charge in [0, 0.05) is 23.8 Å². The van der Waals surface area contributed by atoms with Gasteiger partial charge in [-0.2, -0.15) is 0 Å². The van der Waals surface area contributed by atoms with Crippen molar-refractivity contribution in [3.8, 4) is 0 Å². The Morgan fingerprint density at radius 1 is 1.52 bits per heavy atom. The van der Waals surface area contributed by atoms with Crippen LogP contribution in [0.1, 0.15) is 33.1 Å². The Morgan fingerprint density at radius 2 is 2.26 bits per heavy atom. The number of amides is 1. The quantitative estimate of drug-likeness (QED) is 0.273. The molecular formula is C18H29N3O5S. The summed E-state index contributed by atoms with van der Waals surface area (Å²) in [6.07, 6.45) is 1.03. The van der Waals surface area contributed by atoms with Gasteiger partial charge in [-0.15, -0.1) is 11.8 Å². The number of fused-ring (bicyclic) bond motifs is 1. The first-order chi connectivity index (χ1) is 12.8. The Morgan fingerprint density at radius 3 is 2.89 bits per heavy atom. The van der Waals surface area contributed by atoms with E-state index in [1.165, 1.54) is 4.90 Å². The smallest absolute Gasteiger partial charge is 0.449 e. The van der Waals surface area contributed by atoms with E-state index in [-0.39, 0.29) is 23.8 Å². The van der Waals surface area contributed by atoms with E-state index in [0.717, 1.165) is 37.3 Å². The molecule has 0 aromatic rings. The van der Waals surface area contributed by atoms with Crippen LogP contribution in [0.2, 0.25) is 0 Å². The average Bonchev–Trinajstić information content (AvgIpc) is 3.10. The molecule has 8 nitrogen and oxygen atoms in total. The second kappa shape index (κ2) is 8.38.